The third kappa shape index (κ3) is 6.53. The Morgan fingerprint density at radius 3 is 1.84 bits per heavy atom. The highest BCUT2D eigenvalue weighted by Crippen LogP contribution is 2.29. The molecular weight excluding hydrogens is 402 g/mol. The summed E-state index contributed by atoms with van der Waals surface area (Å²) in [5.41, 5.74) is 1.52. The van der Waals surface area contributed by atoms with Gasteiger partial charge in [-0.2, -0.15) is 0 Å². The summed E-state index contributed by atoms with van der Waals surface area (Å²) in [5, 5.41) is 2.77. The highest BCUT2D eigenvalue weighted by molar-refractivity contribution is 5.86. The summed E-state index contributed by atoms with van der Waals surface area (Å²) >= 11 is 0. The van der Waals surface area contributed by atoms with E-state index < -0.39 is 12.0 Å². The fraction of sp³-hybridized carbons (Fsp3) is 0.391. The average molecular weight is 431 g/mol. The smallest absolute Gasteiger partial charge is 0.328 e. The molecule has 0 radical (unpaired) electrons. The Morgan fingerprint density at radius 2 is 1.32 bits per heavy atom. The monoisotopic (exact) mass is 431 g/mol. The second-order valence-corrected chi connectivity index (χ2v) is 6.63. The zero-order chi connectivity index (χ0) is 22.8. The van der Waals surface area contributed by atoms with Crippen molar-refractivity contribution < 1.29 is 33.3 Å². The maximum atomic E-state index is 12.7. The van der Waals surface area contributed by atoms with Crippen LogP contribution in [0.4, 0.5) is 0 Å². The van der Waals surface area contributed by atoms with Crippen molar-refractivity contribution in [3.8, 4) is 23.0 Å². The largest absolute Gasteiger partial charge is 0.493 e. The third-order valence-corrected chi connectivity index (χ3v) is 4.61. The summed E-state index contributed by atoms with van der Waals surface area (Å²) in [6, 6.07) is 9.72. The SMILES string of the molecule is CCOC(=O)C(Cc1ccc(OC)c(OC)c1)NC(=O)Cc1ccc(OC)c(OC)c1. The molecule has 0 aliphatic carbocycles. The van der Waals surface area contributed by atoms with Crippen molar-refractivity contribution in [2.45, 2.75) is 25.8 Å². The molecular formula is C23H29NO7. The minimum absolute atomic E-state index is 0.0716. The second-order valence-electron chi connectivity index (χ2n) is 6.63. The van der Waals surface area contributed by atoms with Crippen molar-refractivity contribution in [1.29, 1.82) is 0 Å². The number of nitrogens with one attached hydrogen (secondary N) is 1. The molecule has 8 nitrogen and oxygen atoms in total. The summed E-state index contributed by atoms with van der Waals surface area (Å²) in [7, 11) is 6.16. The van der Waals surface area contributed by atoms with E-state index in [1.165, 1.54) is 14.2 Å². The lowest BCUT2D eigenvalue weighted by atomic mass is 10.0. The van der Waals surface area contributed by atoms with Gasteiger partial charge in [0.05, 0.1) is 41.5 Å². The first-order valence-electron chi connectivity index (χ1n) is 9.83. The number of benzene rings is 2. The van der Waals surface area contributed by atoms with Crippen LogP contribution in [0.1, 0.15) is 18.1 Å². The van der Waals surface area contributed by atoms with Crippen LogP contribution in [0, 0.1) is 0 Å². The number of carbonyl (C=O) groups is 2. The first-order valence-corrected chi connectivity index (χ1v) is 9.83. The zero-order valence-electron chi connectivity index (χ0n) is 18.5. The Kier molecular flexibility index (Phi) is 8.99. The summed E-state index contributed by atoms with van der Waals surface area (Å²) in [5.74, 6) is 1.41. The number of carbonyl (C=O) groups excluding carboxylic acids is 2. The number of amides is 1. The van der Waals surface area contributed by atoms with Crippen molar-refractivity contribution in [3.05, 3.63) is 47.5 Å². The summed E-state index contributed by atoms with van der Waals surface area (Å²) in [4.78, 5) is 25.1. The first-order chi connectivity index (χ1) is 14.9. The molecule has 2 aromatic rings. The molecule has 2 aromatic carbocycles. The van der Waals surface area contributed by atoms with Gasteiger partial charge in [-0.1, -0.05) is 12.1 Å². The van der Waals surface area contributed by atoms with Crippen LogP contribution < -0.4 is 24.3 Å². The number of esters is 1. The van der Waals surface area contributed by atoms with Crippen LogP contribution in [0.25, 0.3) is 0 Å². The molecule has 0 bridgehead atoms. The van der Waals surface area contributed by atoms with Gasteiger partial charge in [-0.15, -0.1) is 0 Å². The normalized spacial score (nSPS) is 11.3. The maximum Gasteiger partial charge on any atom is 0.328 e. The van der Waals surface area contributed by atoms with Crippen LogP contribution in [-0.4, -0.2) is 53.0 Å². The van der Waals surface area contributed by atoms with Crippen molar-refractivity contribution in [2.75, 3.05) is 35.0 Å². The molecule has 0 aliphatic rings. The Balaban J connectivity index is 2.15. The average Bonchev–Trinajstić information content (AvgIpc) is 2.78. The molecule has 0 fully saturated rings. The molecule has 1 unspecified atom stereocenters. The van der Waals surface area contributed by atoms with Crippen LogP contribution >= 0.6 is 0 Å². The number of hydrogen-bond donors (Lipinski definition) is 1. The Bertz CT molecular complexity index is 897. The van der Waals surface area contributed by atoms with Gasteiger partial charge in [0.2, 0.25) is 5.91 Å². The van der Waals surface area contributed by atoms with Gasteiger partial charge >= 0.3 is 5.97 Å². The standard InChI is InChI=1S/C23H29NO7/c1-6-31-23(26)17(11-15-7-9-18(27-2)20(12-15)29-4)24-22(25)14-16-8-10-19(28-3)21(13-16)30-5/h7-10,12-13,17H,6,11,14H2,1-5H3,(H,24,25). The molecule has 0 spiro atoms. The number of ether oxygens (including phenoxy) is 5. The highest BCUT2D eigenvalue weighted by atomic mass is 16.5. The lowest BCUT2D eigenvalue weighted by molar-refractivity contribution is -0.147. The van der Waals surface area contributed by atoms with Gasteiger partial charge in [0.25, 0.3) is 0 Å². The molecule has 31 heavy (non-hydrogen) atoms. The number of methoxy groups -OCH3 is 4. The Labute approximate surface area is 182 Å². The molecule has 1 N–H and O–H groups in total. The number of rotatable bonds is 11. The van der Waals surface area contributed by atoms with Gasteiger partial charge < -0.3 is 29.0 Å². The van der Waals surface area contributed by atoms with Crippen LogP contribution in [0.15, 0.2) is 36.4 Å². The second kappa shape index (κ2) is 11.7. The zero-order valence-corrected chi connectivity index (χ0v) is 18.5. The molecule has 0 aliphatic heterocycles. The van der Waals surface area contributed by atoms with Crippen molar-refractivity contribution >= 4 is 11.9 Å². The molecule has 2 rings (SSSR count). The van der Waals surface area contributed by atoms with Gasteiger partial charge in [-0.05, 0) is 42.3 Å². The number of hydrogen-bond acceptors (Lipinski definition) is 7. The molecule has 0 saturated carbocycles. The molecule has 0 aromatic heterocycles. The van der Waals surface area contributed by atoms with E-state index in [-0.39, 0.29) is 25.4 Å². The van der Waals surface area contributed by atoms with Crippen LogP contribution in [0.5, 0.6) is 23.0 Å². The molecule has 1 atom stereocenters. The van der Waals surface area contributed by atoms with E-state index in [0.29, 0.717) is 23.0 Å². The van der Waals surface area contributed by atoms with E-state index in [1.54, 1.807) is 51.5 Å². The molecule has 8 heteroatoms. The fourth-order valence-corrected chi connectivity index (χ4v) is 3.10. The Morgan fingerprint density at radius 1 is 0.806 bits per heavy atom. The van der Waals surface area contributed by atoms with Gasteiger partial charge in [0, 0.05) is 6.42 Å². The first kappa shape index (κ1) is 23.9. The highest BCUT2D eigenvalue weighted by Gasteiger charge is 2.23. The lowest BCUT2D eigenvalue weighted by Crippen LogP contribution is -2.44. The van der Waals surface area contributed by atoms with Gasteiger partial charge in [0.15, 0.2) is 23.0 Å². The van der Waals surface area contributed by atoms with Crippen LogP contribution in [0.2, 0.25) is 0 Å². The van der Waals surface area contributed by atoms with E-state index in [2.05, 4.69) is 5.32 Å². The van der Waals surface area contributed by atoms with Crippen LogP contribution in [-0.2, 0) is 27.2 Å². The summed E-state index contributed by atoms with van der Waals surface area (Å²) < 4.78 is 26.2. The van der Waals surface area contributed by atoms with E-state index >= 15 is 0 Å². The van der Waals surface area contributed by atoms with E-state index in [1.807, 2.05) is 6.07 Å². The molecule has 168 valence electrons. The van der Waals surface area contributed by atoms with Gasteiger partial charge in [-0.25, -0.2) is 4.79 Å². The molecule has 0 saturated heterocycles. The van der Waals surface area contributed by atoms with Gasteiger partial charge in [0.1, 0.15) is 6.04 Å². The summed E-state index contributed by atoms with van der Waals surface area (Å²) in [6.45, 7) is 1.93. The third-order valence-electron chi connectivity index (χ3n) is 4.61. The van der Waals surface area contributed by atoms with Gasteiger partial charge in [-0.3, -0.25) is 4.79 Å². The minimum Gasteiger partial charge on any atom is -0.493 e. The van der Waals surface area contributed by atoms with Crippen molar-refractivity contribution in [3.63, 3.8) is 0 Å². The van der Waals surface area contributed by atoms with Crippen LogP contribution in [0.3, 0.4) is 0 Å². The Hall–Kier alpha value is -3.42. The quantitative estimate of drug-likeness (QED) is 0.547. The van der Waals surface area contributed by atoms with Crippen molar-refractivity contribution in [1.82, 2.24) is 5.32 Å². The topological polar surface area (TPSA) is 92.3 Å². The summed E-state index contributed by atoms with van der Waals surface area (Å²) in [6.07, 6.45) is 0.319. The fourth-order valence-electron chi connectivity index (χ4n) is 3.10. The molecule has 1 amide bonds. The maximum absolute atomic E-state index is 12.7. The van der Waals surface area contributed by atoms with E-state index in [4.69, 9.17) is 23.7 Å². The predicted molar refractivity (Wildman–Crippen MR) is 115 cm³/mol. The van der Waals surface area contributed by atoms with Crippen molar-refractivity contribution in [2.24, 2.45) is 0 Å². The van der Waals surface area contributed by atoms with E-state index in [9.17, 15) is 9.59 Å². The lowest BCUT2D eigenvalue weighted by Gasteiger charge is -2.18. The molecule has 0 heterocycles. The minimum atomic E-state index is -0.842. The predicted octanol–water partition coefficient (Wildman–Crippen LogP) is 2.55. The van der Waals surface area contributed by atoms with E-state index in [0.717, 1.165) is 11.1 Å².